The van der Waals surface area contributed by atoms with Crippen LogP contribution in [0.1, 0.15) is 67.7 Å². The zero-order valence-electron chi connectivity index (χ0n) is 21.6. The number of nitrogens with zero attached hydrogens (tertiary/aromatic N) is 3. The van der Waals surface area contributed by atoms with Crippen molar-refractivity contribution in [1.29, 1.82) is 5.26 Å². The van der Waals surface area contributed by atoms with E-state index in [9.17, 15) is 10.1 Å². The van der Waals surface area contributed by atoms with E-state index in [0.29, 0.717) is 23.6 Å². The Morgan fingerprint density at radius 3 is 2.25 bits per heavy atom. The van der Waals surface area contributed by atoms with Crippen LogP contribution in [0.25, 0.3) is 22.3 Å². The zero-order chi connectivity index (χ0) is 25.7. The van der Waals surface area contributed by atoms with E-state index in [1.807, 2.05) is 72.2 Å². The number of hydrogen-bond acceptors (Lipinski definition) is 3. The van der Waals surface area contributed by atoms with E-state index in [-0.39, 0.29) is 5.56 Å². The Morgan fingerprint density at radius 2 is 1.61 bits per heavy atom. The molecule has 0 amide bonds. The summed E-state index contributed by atoms with van der Waals surface area (Å²) in [5, 5.41) is 9.45. The molecule has 0 saturated heterocycles. The normalized spacial score (nSPS) is 11.0. The van der Waals surface area contributed by atoms with E-state index < -0.39 is 0 Å². The number of unbranched alkanes of at least 4 members (excludes halogenated alkanes) is 1. The van der Waals surface area contributed by atoms with Crippen LogP contribution in [0, 0.1) is 18.3 Å². The predicted molar refractivity (Wildman–Crippen MR) is 147 cm³/mol. The smallest absolute Gasteiger partial charge is 0.261 e. The third-order valence-corrected chi connectivity index (χ3v) is 6.70. The van der Waals surface area contributed by atoms with Crippen molar-refractivity contribution in [2.24, 2.45) is 0 Å². The fourth-order valence-electron chi connectivity index (χ4n) is 4.58. The summed E-state index contributed by atoms with van der Waals surface area (Å²) >= 11 is 0. The van der Waals surface area contributed by atoms with Crippen molar-refractivity contribution in [3.63, 3.8) is 0 Å². The lowest BCUT2D eigenvalue weighted by Gasteiger charge is -2.17. The highest BCUT2D eigenvalue weighted by molar-refractivity contribution is 5.70. The number of nitriles is 1. The van der Waals surface area contributed by atoms with Crippen LogP contribution in [0.4, 0.5) is 0 Å². The Hall–Kier alpha value is -3.97. The van der Waals surface area contributed by atoms with Crippen LogP contribution in [-0.4, -0.2) is 9.55 Å². The molecule has 4 rings (SSSR count). The van der Waals surface area contributed by atoms with Gasteiger partial charge in [0.25, 0.3) is 5.56 Å². The minimum absolute atomic E-state index is 0.00445. The molecule has 0 aliphatic carbocycles. The molecule has 0 aliphatic rings. The molecule has 4 aromatic rings. The predicted octanol–water partition coefficient (Wildman–Crippen LogP) is 7.27. The summed E-state index contributed by atoms with van der Waals surface area (Å²) in [7, 11) is 0. The molecule has 36 heavy (non-hydrogen) atoms. The van der Waals surface area contributed by atoms with Crippen molar-refractivity contribution in [2.45, 2.75) is 59.4 Å². The molecule has 0 aliphatic heterocycles. The summed E-state index contributed by atoms with van der Waals surface area (Å²) in [4.78, 5) is 18.8. The van der Waals surface area contributed by atoms with E-state index in [1.54, 1.807) is 0 Å². The van der Waals surface area contributed by atoms with Crippen molar-refractivity contribution >= 4 is 0 Å². The Bertz CT molecular complexity index is 1440. The summed E-state index contributed by atoms with van der Waals surface area (Å²) in [5.41, 5.74) is 7.20. The molecular formula is C32H33N3O. The first-order valence-corrected chi connectivity index (χ1v) is 12.7. The molecule has 0 spiro atoms. The van der Waals surface area contributed by atoms with Gasteiger partial charge in [0.2, 0.25) is 0 Å². The molecule has 0 N–H and O–H groups in total. The summed E-state index contributed by atoms with van der Waals surface area (Å²) in [6.07, 6.45) is 2.80. The number of hydrogen-bond donors (Lipinski definition) is 0. The Kier molecular flexibility index (Phi) is 7.80. The first kappa shape index (κ1) is 25.1. The van der Waals surface area contributed by atoms with Gasteiger partial charge in [-0.05, 0) is 53.1 Å². The highest BCUT2D eigenvalue weighted by atomic mass is 16.1. The van der Waals surface area contributed by atoms with E-state index in [2.05, 4.69) is 39.0 Å². The number of aromatic nitrogens is 2. The number of benzene rings is 3. The molecule has 0 bridgehead atoms. The lowest BCUT2D eigenvalue weighted by Crippen LogP contribution is -2.28. The summed E-state index contributed by atoms with van der Waals surface area (Å²) < 4.78 is 1.84. The van der Waals surface area contributed by atoms with Gasteiger partial charge < -0.3 is 0 Å². The van der Waals surface area contributed by atoms with Gasteiger partial charge >= 0.3 is 0 Å². The maximum Gasteiger partial charge on any atom is 0.261 e. The number of rotatable bonds is 8. The molecule has 4 nitrogen and oxygen atoms in total. The maximum absolute atomic E-state index is 13.9. The Balaban J connectivity index is 1.73. The zero-order valence-corrected chi connectivity index (χ0v) is 21.6. The Labute approximate surface area is 213 Å². The molecule has 0 saturated carbocycles. The lowest BCUT2D eigenvalue weighted by molar-refractivity contribution is 0.634. The fraction of sp³-hybridized carbons (Fsp3) is 0.281. The van der Waals surface area contributed by atoms with Crippen molar-refractivity contribution < 1.29 is 0 Å². The molecule has 4 heteroatoms. The largest absolute Gasteiger partial charge is 0.292 e. The van der Waals surface area contributed by atoms with Crippen molar-refractivity contribution in [3.8, 4) is 28.3 Å². The van der Waals surface area contributed by atoms with Crippen LogP contribution < -0.4 is 5.56 Å². The van der Waals surface area contributed by atoms with Crippen LogP contribution in [0.5, 0.6) is 0 Å². The van der Waals surface area contributed by atoms with Gasteiger partial charge in [0.05, 0.1) is 29.4 Å². The standard InChI is InChI=1S/C32H33N3O/c1-5-6-11-30-34-23(4)31(27-18-16-25(17-19-27)22(2)3)32(36)35(30)21-24-12-14-26(15-13-24)29-10-8-7-9-28(29)20-33/h7-10,12-19,22H,5-6,11,21H2,1-4H3. The SMILES string of the molecule is CCCCc1nc(C)c(-c2ccc(C(C)C)cc2)c(=O)n1Cc1ccc(-c2ccccc2C#N)cc1. The van der Waals surface area contributed by atoms with E-state index in [1.165, 1.54) is 5.56 Å². The van der Waals surface area contributed by atoms with Crippen LogP contribution in [0.15, 0.2) is 77.6 Å². The van der Waals surface area contributed by atoms with E-state index in [0.717, 1.165) is 53.0 Å². The molecule has 1 heterocycles. The van der Waals surface area contributed by atoms with Crippen molar-refractivity contribution in [3.05, 3.63) is 111 Å². The lowest BCUT2D eigenvalue weighted by atomic mass is 9.98. The van der Waals surface area contributed by atoms with Crippen LogP contribution >= 0.6 is 0 Å². The minimum Gasteiger partial charge on any atom is -0.292 e. The van der Waals surface area contributed by atoms with Crippen molar-refractivity contribution in [1.82, 2.24) is 9.55 Å². The van der Waals surface area contributed by atoms with E-state index in [4.69, 9.17) is 4.98 Å². The molecule has 3 aromatic carbocycles. The van der Waals surface area contributed by atoms with Gasteiger partial charge in [-0.1, -0.05) is 93.9 Å². The molecule has 0 atom stereocenters. The van der Waals surface area contributed by atoms with Gasteiger partial charge in [-0.15, -0.1) is 0 Å². The third kappa shape index (κ3) is 5.31. The van der Waals surface area contributed by atoms with Gasteiger partial charge in [-0.2, -0.15) is 5.26 Å². The van der Waals surface area contributed by atoms with Gasteiger partial charge in [0, 0.05) is 6.42 Å². The molecule has 0 radical (unpaired) electrons. The van der Waals surface area contributed by atoms with Crippen LogP contribution in [0.2, 0.25) is 0 Å². The van der Waals surface area contributed by atoms with Crippen LogP contribution in [0.3, 0.4) is 0 Å². The molecule has 0 unspecified atom stereocenters. The second-order valence-corrected chi connectivity index (χ2v) is 9.61. The Morgan fingerprint density at radius 1 is 0.944 bits per heavy atom. The van der Waals surface area contributed by atoms with Gasteiger partial charge in [-0.3, -0.25) is 9.36 Å². The minimum atomic E-state index is 0.00445. The second kappa shape index (κ2) is 11.2. The summed E-state index contributed by atoms with van der Waals surface area (Å²) in [5.74, 6) is 1.27. The topological polar surface area (TPSA) is 58.7 Å². The highest BCUT2D eigenvalue weighted by Crippen LogP contribution is 2.25. The fourth-order valence-corrected chi connectivity index (χ4v) is 4.58. The number of aryl methyl sites for hydroxylation is 2. The summed E-state index contributed by atoms with van der Waals surface area (Å²) in [6, 6.07) is 26.3. The summed E-state index contributed by atoms with van der Waals surface area (Å²) in [6.45, 7) is 8.89. The maximum atomic E-state index is 13.9. The quantitative estimate of drug-likeness (QED) is 0.269. The average molecular weight is 476 g/mol. The molecular weight excluding hydrogens is 442 g/mol. The average Bonchev–Trinajstić information content (AvgIpc) is 2.90. The highest BCUT2D eigenvalue weighted by Gasteiger charge is 2.16. The van der Waals surface area contributed by atoms with Gasteiger partial charge in [-0.25, -0.2) is 4.98 Å². The van der Waals surface area contributed by atoms with Gasteiger partial charge in [0.15, 0.2) is 0 Å². The third-order valence-electron chi connectivity index (χ3n) is 6.70. The van der Waals surface area contributed by atoms with E-state index >= 15 is 0 Å². The molecule has 1 aromatic heterocycles. The monoisotopic (exact) mass is 475 g/mol. The second-order valence-electron chi connectivity index (χ2n) is 9.61. The molecule has 0 fully saturated rings. The van der Waals surface area contributed by atoms with Crippen LogP contribution in [-0.2, 0) is 13.0 Å². The van der Waals surface area contributed by atoms with Gasteiger partial charge in [0.1, 0.15) is 5.82 Å². The first-order valence-electron chi connectivity index (χ1n) is 12.7. The first-order chi connectivity index (χ1) is 17.4. The molecule has 182 valence electrons. The van der Waals surface area contributed by atoms with Crippen molar-refractivity contribution in [2.75, 3.05) is 0 Å².